The summed E-state index contributed by atoms with van der Waals surface area (Å²) in [6, 6.07) is 18.2. The second-order valence-corrected chi connectivity index (χ2v) is 9.63. The summed E-state index contributed by atoms with van der Waals surface area (Å²) in [6.07, 6.45) is 6.19. The van der Waals surface area contributed by atoms with Gasteiger partial charge in [0.25, 0.3) is 0 Å². The first-order chi connectivity index (χ1) is 15.6. The Morgan fingerprint density at radius 2 is 1.72 bits per heavy atom. The summed E-state index contributed by atoms with van der Waals surface area (Å²) in [6.45, 7) is 2.94. The van der Waals surface area contributed by atoms with E-state index in [1.807, 2.05) is 36.4 Å². The molecule has 0 bridgehead atoms. The second-order valence-electron chi connectivity index (χ2n) is 7.34. The summed E-state index contributed by atoms with van der Waals surface area (Å²) < 4.78 is 28.0. The number of benzene rings is 2. The Bertz CT molecular complexity index is 1220. The zero-order valence-corrected chi connectivity index (χ0v) is 19.6. The summed E-state index contributed by atoms with van der Waals surface area (Å²) in [5, 5.41) is 0.884. The summed E-state index contributed by atoms with van der Waals surface area (Å²) in [5.41, 5.74) is 4.74. The minimum atomic E-state index is -1.05. The van der Waals surface area contributed by atoms with E-state index >= 15 is 0 Å². The molecule has 32 heavy (non-hydrogen) atoms. The van der Waals surface area contributed by atoms with Gasteiger partial charge in [0.15, 0.2) is 5.16 Å². The number of hydrogen-bond acceptors (Lipinski definition) is 4. The molecule has 164 valence electrons. The summed E-state index contributed by atoms with van der Waals surface area (Å²) in [7, 11) is -1.05. The van der Waals surface area contributed by atoms with Gasteiger partial charge in [-0.2, -0.15) is 0 Å². The van der Waals surface area contributed by atoms with Gasteiger partial charge < -0.3 is 4.57 Å². The number of hydrogen-bond donors (Lipinski definition) is 0. The van der Waals surface area contributed by atoms with Gasteiger partial charge in [-0.25, -0.2) is 9.37 Å². The first-order valence-electron chi connectivity index (χ1n) is 10.4. The van der Waals surface area contributed by atoms with Crippen molar-refractivity contribution in [3.05, 3.63) is 84.4 Å². The third-order valence-corrected chi connectivity index (χ3v) is 7.13. The molecular formula is C25H24FN3OS2. The molecule has 4 aromatic rings. The van der Waals surface area contributed by atoms with Crippen LogP contribution in [0.15, 0.2) is 83.1 Å². The number of imidazole rings is 1. The highest BCUT2D eigenvalue weighted by Crippen LogP contribution is 2.37. The van der Waals surface area contributed by atoms with Crippen molar-refractivity contribution in [3.63, 3.8) is 0 Å². The predicted molar refractivity (Wildman–Crippen MR) is 129 cm³/mol. The van der Waals surface area contributed by atoms with E-state index in [9.17, 15) is 8.60 Å². The largest absolute Gasteiger partial charge is 0.318 e. The van der Waals surface area contributed by atoms with Crippen molar-refractivity contribution in [2.45, 2.75) is 35.7 Å². The van der Waals surface area contributed by atoms with Crippen molar-refractivity contribution in [1.29, 1.82) is 0 Å². The molecular weight excluding hydrogens is 441 g/mol. The monoisotopic (exact) mass is 465 g/mol. The summed E-state index contributed by atoms with van der Waals surface area (Å²) >= 11 is 1.63. The van der Waals surface area contributed by atoms with Gasteiger partial charge in [-0.05, 0) is 54.4 Å². The van der Waals surface area contributed by atoms with Crippen LogP contribution in [-0.2, 0) is 23.1 Å². The lowest BCUT2D eigenvalue weighted by Crippen LogP contribution is -2.02. The Morgan fingerprint density at radius 1 is 1.00 bits per heavy atom. The third-order valence-electron chi connectivity index (χ3n) is 5.09. The van der Waals surface area contributed by atoms with Crippen LogP contribution in [0.1, 0.15) is 18.9 Å². The zero-order chi connectivity index (χ0) is 22.5. The number of nitrogens with zero attached hydrogens (tertiary/aromatic N) is 3. The van der Waals surface area contributed by atoms with Crippen molar-refractivity contribution in [3.8, 4) is 22.5 Å². The van der Waals surface area contributed by atoms with Crippen LogP contribution in [0.4, 0.5) is 4.39 Å². The van der Waals surface area contributed by atoms with Gasteiger partial charge in [0.1, 0.15) is 5.82 Å². The standard InChI is InChI=1S/C25H24FN3OS2/c1-3-16-29-24(19-12-14-27-15-13-19)23(18-8-10-21(26)11-9-18)28-25(29)31-17-20-6-4-5-7-22(20)32(2)30/h4-15H,3,16-17H2,1-2H3. The molecule has 4 rings (SSSR count). The molecule has 1 unspecified atom stereocenters. The maximum atomic E-state index is 13.6. The van der Waals surface area contributed by atoms with Gasteiger partial charge in [-0.3, -0.25) is 9.19 Å². The molecule has 0 amide bonds. The number of halogens is 1. The van der Waals surface area contributed by atoms with Gasteiger partial charge in [0, 0.05) is 47.0 Å². The van der Waals surface area contributed by atoms with E-state index in [1.54, 1.807) is 42.5 Å². The van der Waals surface area contributed by atoms with Gasteiger partial charge in [0.2, 0.25) is 0 Å². The minimum absolute atomic E-state index is 0.272. The molecule has 0 fully saturated rings. The van der Waals surface area contributed by atoms with E-state index in [-0.39, 0.29) is 5.82 Å². The van der Waals surface area contributed by atoms with E-state index in [0.29, 0.717) is 5.75 Å². The Labute approximate surface area is 194 Å². The fourth-order valence-electron chi connectivity index (χ4n) is 3.63. The highest BCUT2D eigenvalue weighted by Gasteiger charge is 2.20. The minimum Gasteiger partial charge on any atom is -0.318 e. The summed E-state index contributed by atoms with van der Waals surface area (Å²) in [5.74, 6) is 0.390. The highest BCUT2D eigenvalue weighted by molar-refractivity contribution is 7.98. The third kappa shape index (κ3) is 4.84. The van der Waals surface area contributed by atoms with Crippen molar-refractivity contribution in [2.24, 2.45) is 0 Å². The normalized spacial score (nSPS) is 12.1. The smallest absolute Gasteiger partial charge is 0.169 e. The molecule has 2 heterocycles. The van der Waals surface area contributed by atoms with Crippen molar-refractivity contribution >= 4 is 22.6 Å². The maximum absolute atomic E-state index is 13.6. The molecule has 0 aliphatic carbocycles. The Morgan fingerprint density at radius 3 is 2.41 bits per heavy atom. The molecule has 2 aromatic carbocycles. The molecule has 0 saturated carbocycles. The average molecular weight is 466 g/mol. The van der Waals surface area contributed by atoms with Crippen LogP contribution >= 0.6 is 11.8 Å². The Kier molecular flexibility index (Phi) is 7.17. The van der Waals surface area contributed by atoms with Crippen LogP contribution in [0.3, 0.4) is 0 Å². The molecule has 1 atom stereocenters. The number of aromatic nitrogens is 3. The molecule has 0 aliphatic heterocycles. The molecule has 0 saturated heterocycles. The number of thioether (sulfide) groups is 1. The topological polar surface area (TPSA) is 47.8 Å². The molecule has 7 heteroatoms. The van der Waals surface area contributed by atoms with E-state index in [1.165, 1.54) is 12.1 Å². The van der Waals surface area contributed by atoms with E-state index in [2.05, 4.69) is 16.5 Å². The molecule has 0 aliphatic rings. The lowest BCUT2D eigenvalue weighted by atomic mass is 10.1. The number of rotatable bonds is 8. The van der Waals surface area contributed by atoms with Crippen LogP contribution in [0, 0.1) is 5.82 Å². The van der Waals surface area contributed by atoms with Crippen molar-refractivity contribution < 1.29 is 8.60 Å². The molecule has 0 N–H and O–H groups in total. The lowest BCUT2D eigenvalue weighted by molar-refractivity contribution is 0.626. The van der Waals surface area contributed by atoms with E-state index in [0.717, 1.165) is 51.1 Å². The molecule has 0 spiro atoms. The van der Waals surface area contributed by atoms with Gasteiger partial charge in [-0.1, -0.05) is 36.9 Å². The molecule has 2 aromatic heterocycles. The quantitative estimate of drug-likeness (QED) is 0.291. The van der Waals surface area contributed by atoms with Crippen LogP contribution in [0.2, 0.25) is 0 Å². The second kappa shape index (κ2) is 10.2. The van der Waals surface area contributed by atoms with Crippen LogP contribution in [0.5, 0.6) is 0 Å². The van der Waals surface area contributed by atoms with E-state index in [4.69, 9.17) is 4.98 Å². The zero-order valence-electron chi connectivity index (χ0n) is 18.0. The first-order valence-corrected chi connectivity index (χ1v) is 12.9. The SMILES string of the molecule is CCCn1c(SCc2ccccc2S(C)=O)nc(-c2ccc(F)cc2)c1-c1ccncc1. The Balaban J connectivity index is 1.80. The van der Waals surface area contributed by atoms with Crippen LogP contribution < -0.4 is 0 Å². The maximum Gasteiger partial charge on any atom is 0.169 e. The van der Waals surface area contributed by atoms with Gasteiger partial charge >= 0.3 is 0 Å². The lowest BCUT2D eigenvalue weighted by Gasteiger charge is -2.12. The van der Waals surface area contributed by atoms with Crippen molar-refractivity contribution in [2.75, 3.05) is 6.26 Å². The van der Waals surface area contributed by atoms with Gasteiger partial charge in [-0.15, -0.1) is 0 Å². The Hall–Kier alpha value is -2.77. The molecule has 0 radical (unpaired) electrons. The molecule has 4 nitrogen and oxygen atoms in total. The number of pyridine rings is 1. The van der Waals surface area contributed by atoms with Gasteiger partial charge in [0.05, 0.1) is 22.2 Å². The van der Waals surface area contributed by atoms with Crippen LogP contribution in [-0.4, -0.2) is 25.0 Å². The highest BCUT2D eigenvalue weighted by atomic mass is 32.2. The van der Waals surface area contributed by atoms with E-state index < -0.39 is 10.8 Å². The summed E-state index contributed by atoms with van der Waals surface area (Å²) in [4.78, 5) is 10.0. The fourth-order valence-corrected chi connectivity index (χ4v) is 5.53. The predicted octanol–water partition coefficient (Wildman–Crippen LogP) is 6.19. The van der Waals surface area contributed by atoms with Crippen LogP contribution in [0.25, 0.3) is 22.5 Å². The van der Waals surface area contributed by atoms with Crippen molar-refractivity contribution in [1.82, 2.24) is 14.5 Å². The fraction of sp³-hybridized carbons (Fsp3) is 0.200. The first kappa shape index (κ1) is 22.4. The average Bonchev–Trinajstić information content (AvgIpc) is 3.17.